The zero-order valence-corrected chi connectivity index (χ0v) is 9.54. The lowest BCUT2D eigenvalue weighted by molar-refractivity contribution is 0.0938. The summed E-state index contributed by atoms with van der Waals surface area (Å²) >= 11 is 0. The first-order chi connectivity index (χ1) is 8.04. The standard InChI is InChI=1S/C12H15F2NO2/c1-2-9(16)5-6-15-12(17)10-4-3-8(13)7-11(10)14/h3-4,7,9,16H,2,5-6H2,1H3,(H,15,17). The molecule has 94 valence electrons. The summed E-state index contributed by atoms with van der Waals surface area (Å²) in [6.07, 6.45) is 0.527. The van der Waals surface area contributed by atoms with Crippen molar-refractivity contribution in [2.75, 3.05) is 6.54 Å². The van der Waals surface area contributed by atoms with Crippen molar-refractivity contribution in [3.8, 4) is 0 Å². The molecule has 0 saturated heterocycles. The molecule has 0 aliphatic heterocycles. The van der Waals surface area contributed by atoms with Gasteiger partial charge in [-0.2, -0.15) is 0 Å². The van der Waals surface area contributed by atoms with Gasteiger partial charge in [0.1, 0.15) is 11.6 Å². The predicted molar refractivity (Wildman–Crippen MR) is 59.6 cm³/mol. The van der Waals surface area contributed by atoms with Crippen LogP contribution < -0.4 is 5.32 Å². The molecule has 2 N–H and O–H groups in total. The summed E-state index contributed by atoms with van der Waals surface area (Å²) in [7, 11) is 0. The predicted octanol–water partition coefficient (Wildman–Crippen LogP) is 1.86. The van der Waals surface area contributed by atoms with Crippen LogP contribution in [0.2, 0.25) is 0 Å². The summed E-state index contributed by atoms with van der Waals surface area (Å²) in [5.74, 6) is -2.22. The van der Waals surface area contributed by atoms with Gasteiger partial charge in [-0.05, 0) is 25.0 Å². The van der Waals surface area contributed by atoms with Gasteiger partial charge in [0.15, 0.2) is 0 Å². The monoisotopic (exact) mass is 243 g/mol. The van der Waals surface area contributed by atoms with Crippen LogP contribution in [0.15, 0.2) is 18.2 Å². The molecule has 0 saturated carbocycles. The average Bonchev–Trinajstić information content (AvgIpc) is 2.28. The van der Waals surface area contributed by atoms with Crippen molar-refractivity contribution in [2.45, 2.75) is 25.9 Å². The number of amides is 1. The normalized spacial score (nSPS) is 12.2. The second-order valence-electron chi connectivity index (χ2n) is 3.73. The van der Waals surface area contributed by atoms with E-state index in [0.717, 1.165) is 12.1 Å². The third kappa shape index (κ3) is 4.11. The highest BCUT2D eigenvalue weighted by molar-refractivity contribution is 5.94. The highest BCUT2D eigenvalue weighted by Gasteiger charge is 2.12. The quantitative estimate of drug-likeness (QED) is 0.829. The number of carbonyl (C=O) groups is 1. The summed E-state index contributed by atoms with van der Waals surface area (Å²) in [6, 6.07) is 2.78. The van der Waals surface area contributed by atoms with Crippen LogP contribution in [0.3, 0.4) is 0 Å². The minimum absolute atomic E-state index is 0.197. The van der Waals surface area contributed by atoms with Crippen LogP contribution in [0.1, 0.15) is 30.1 Å². The Kier molecular flexibility index (Phi) is 5.03. The number of benzene rings is 1. The third-order valence-electron chi connectivity index (χ3n) is 2.41. The Labute approximate surface area is 98.5 Å². The van der Waals surface area contributed by atoms with Crippen molar-refractivity contribution in [1.29, 1.82) is 0 Å². The molecular weight excluding hydrogens is 228 g/mol. The molecule has 1 aromatic rings. The van der Waals surface area contributed by atoms with E-state index in [1.807, 2.05) is 6.92 Å². The van der Waals surface area contributed by atoms with Gasteiger partial charge in [0.25, 0.3) is 5.91 Å². The Morgan fingerprint density at radius 1 is 1.47 bits per heavy atom. The number of carbonyl (C=O) groups excluding carboxylic acids is 1. The Morgan fingerprint density at radius 3 is 2.76 bits per heavy atom. The first-order valence-electron chi connectivity index (χ1n) is 5.46. The molecule has 1 amide bonds. The van der Waals surface area contributed by atoms with E-state index in [-0.39, 0.29) is 12.1 Å². The van der Waals surface area contributed by atoms with Crippen molar-refractivity contribution >= 4 is 5.91 Å². The largest absolute Gasteiger partial charge is 0.393 e. The summed E-state index contributed by atoms with van der Waals surface area (Å²) < 4.78 is 25.8. The van der Waals surface area contributed by atoms with E-state index in [1.165, 1.54) is 0 Å². The van der Waals surface area contributed by atoms with Crippen LogP contribution in [0.5, 0.6) is 0 Å². The van der Waals surface area contributed by atoms with Crippen molar-refractivity contribution in [1.82, 2.24) is 5.32 Å². The summed E-state index contributed by atoms with van der Waals surface area (Å²) in [4.78, 5) is 11.5. The fourth-order valence-electron chi connectivity index (χ4n) is 1.33. The van der Waals surface area contributed by atoms with E-state index in [9.17, 15) is 18.7 Å². The number of halogens is 2. The van der Waals surface area contributed by atoms with Gasteiger partial charge in [-0.1, -0.05) is 6.92 Å². The molecule has 0 aliphatic carbocycles. The lowest BCUT2D eigenvalue weighted by Gasteiger charge is -2.09. The molecule has 5 heteroatoms. The van der Waals surface area contributed by atoms with E-state index in [2.05, 4.69) is 5.32 Å². The van der Waals surface area contributed by atoms with Gasteiger partial charge < -0.3 is 10.4 Å². The zero-order chi connectivity index (χ0) is 12.8. The maximum absolute atomic E-state index is 13.2. The van der Waals surface area contributed by atoms with Crippen LogP contribution in [0, 0.1) is 11.6 Å². The number of nitrogens with one attached hydrogen (secondary N) is 1. The fraction of sp³-hybridized carbons (Fsp3) is 0.417. The lowest BCUT2D eigenvalue weighted by Crippen LogP contribution is -2.27. The number of aliphatic hydroxyl groups excluding tert-OH is 1. The summed E-state index contributed by atoms with van der Waals surface area (Å²) in [6.45, 7) is 2.08. The molecule has 1 unspecified atom stereocenters. The molecule has 1 rings (SSSR count). The van der Waals surface area contributed by atoms with Crippen LogP contribution in [0.25, 0.3) is 0 Å². The minimum Gasteiger partial charge on any atom is -0.393 e. The van der Waals surface area contributed by atoms with E-state index < -0.39 is 23.6 Å². The fourth-order valence-corrected chi connectivity index (χ4v) is 1.33. The van der Waals surface area contributed by atoms with Crippen molar-refractivity contribution in [3.05, 3.63) is 35.4 Å². The first kappa shape index (κ1) is 13.6. The van der Waals surface area contributed by atoms with E-state index in [4.69, 9.17) is 0 Å². The summed E-state index contributed by atoms with van der Waals surface area (Å²) in [5, 5.41) is 11.7. The zero-order valence-electron chi connectivity index (χ0n) is 9.54. The number of rotatable bonds is 5. The van der Waals surface area contributed by atoms with E-state index >= 15 is 0 Å². The van der Waals surface area contributed by atoms with Gasteiger partial charge in [0.2, 0.25) is 0 Å². The van der Waals surface area contributed by atoms with E-state index in [0.29, 0.717) is 18.9 Å². The van der Waals surface area contributed by atoms with Gasteiger partial charge in [-0.15, -0.1) is 0 Å². The van der Waals surface area contributed by atoms with Gasteiger partial charge in [-0.3, -0.25) is 4.79 Å². The van der Waals surface area contributed by atoms with Crippen LogP contribution >= 0.6 is 0 Å². The van der Waals surface area contributed by atoms with Gasteiger partial charge in [-0.25, -0.2) is 8.78 Å². The molecule has 0 aliphatic rings. The van der Waals surface area contributed by atoms with Gasteiger partial charge in [0, 0.05) is 12.6 Å². The van der Waals surface area contributed by atoms with Crippen LogP contribution in [-0.2, 0) is 0 Å². The third-order valence-corrected chi connectivity index (χ3v) is 2.41. The van der Waals surface area contributed by atoms with Crippen LogP contribution in [-0.4, -0.2) is 23.7 Å². The molecular formula is C12H15F2NO2. The molecule has 1 atom stereocenters. The highest BCUT2D eigenvalue weighted by Crippen LogP contribution is 2.09. The number of hydrogen-bond acceptors (Lipinski definition) is 2. The Bertz CT molecular complexity index is 396. The molecule has 0 heterocycles. The average molecular weight is 243 g/mol. The molecule has 0 bridgehead atoms. The Morgan fingerprint density at radius 2 is 2.18 bits per heavy atom. The van der Waals surface area contributed by atoms with Crippen molar-refractivity contribution < 1.29 is 18.7 Å². The number of aliphatic hydroxyl groups is 1. The molecule has 17 heavy (non-hydrogen) atoms. The Hall–Kier alpha value is -1.49. The minimum atomic E-state index is -0.890. The maximum Gasteiger partial charge on any atom is 0.254 e. The Balaban J connectivity index is 2.52. The molecule has 0 fully saturated rings. The second-order valence-corrected chi connectivity index (χ2v) is 3.73. The number of hydrogen-bond donors (Lipinski definition) is 2. The van der Waals surface area contributed by atoms with E-state index in [1.54, 1.807) is 0 Å². The molecule has 1 aromatic carbocycles. The van der Waals surface area contributed by atoms with Crippen molar-refractivity contribution in [3.63, 3.8) is 0 Å². The van der Waals surface area contributed by atoms with Crippen LogP contribution in [0.4, 0.5) is 8.78 Å². The molecule has 0 aromatic heterocycles. The SMILES string of the molecule is CCC(O)CCNC(=O)c1ccc(F)cc1F. The highest BCUT2D eigenvalue weighted by atomic mass is 19.1. The molecule has 0 spiro atoms. The second kappa shape index (κ2) is 6.30. The van der Waals surface area contributed by atoms with Crippen molar-refractivity contribution in [2.24, 2.45) is 0 Å². The molecule has 0 radical (unpaired) electrons. The summed E-state index contributed by atoms with van der Waals surface area (Å²) in [5.41, 5.74) is -0.197. The smallest absolute Gasteiger partial charge is 0.254 e. The van der Waals surface area contributed by atoms with Gasteiger partial charge >= 0.3 is 0 Å². The van der Waals surface area contributed by atoms with Gasteiger partial charge in [0.05, 0.1) is 11.7 Å². The lowest BCUT2D eigenvalue weighted by atomic mass is 10.1. The molecule has 3 nitrogen and oxygen atoms in total. The first-order valence-corrected chi connectivity index (χ1v) is 5.46. The topological polar surface area (TPSA) is 49.3 Å². The maximum atomic E-state index is 13.2.